The van der Waals surface area contributed by atoms with Crippen LogP contribution in [0.15, 0.2) is 9.59 Å². The molecule has 0 saturated heterocycles. The lowest BCUT2D eigenvalue weighted by Gasteiger charge is -2.34. The molecular formula is C11H16N2O3S2. The first kappa shape index (κ1) is 13.5. The molecule has 1 heterocycles. The maximum atomic E-state index is 12.2. The number of rotatable bonds is 3. The number of thiophene rings is 1. The van der Waals surface area contributed by atoms with Gasteiger partial charge in [0, 0.05) is 18.5 Å². The van der Waals surface area contributed by atoms with E-state index < -0.39 is 10.0 Å². The van der Waals surface area contributed by atoms with Crippen molar-refractivity contribution < 1.29 is 13.2 Å². The van der Waals surface area contributed by atoms with Gasteiger partial charge in [-0.25, -0.2) is 13.6 Å². The van der Waals surface area contributed by atoms with Gasteiger partial charge in [-0.05, 0) is 31.7 Å². The lowest BCUT2D eigenvalue weighted by molar-refractivity contribution is 0.0651. The molecule has 2 N–H and O–H groups in total. The van der Waals surface area contributed by atoms with Crippen LogP contribution in [-0.2, 0) is 10.0 Å². The Morgan fingerprint density at radius 1 is 1.50 bits per heavy atom. The molecule has 18 heavy (non-hydrogen) atoms. The van der Waals surface area contributed by atoms with Gasteiger partial charge in [0.2, 0.25) is 10.0 Å². The molecule has 0 atom stereocenters. The molecule has 5 nitrogen and oxygen atoms in total. The largest absolute Gasteiger partial charge is 0.339 e. The van der Waals surface area contributed by atoms with E-state index in [-0.39, 0.29) is 16.2 Å². The first-order valence-electron chi connectivity index (χ1n) is 5.70. The third-order valence-corrected chi connectivity index (χ3v) is 6.11. The van der Waals surface area contributed by atoms with Crippen LogP contribution in [0.3, 0.4) is 0 Å². The molecule has 100 valence electrons. The number of sulfonamides is 1. The predicted molar refractivity (Wildman–Crippen MR) is 70.2 cm³/mol. The molecule has 1 aromatic heterocycles. The third kappa shape index (κ3) is 2.30. The van der Waals surface area contributed by atoms with Gasteiger partial charge in [-0.15, -0.1) is 11.3 Å². The van der Waals surface area contributed by atoms with E-state index in [1.807, 2.05) is 0 Å². The van der Waals surface area contributed by atoms with E-state index >= 15 is 0 Å². The minimum absolute atomic E-state index is 0.0767. The quantitative estimate of drug-likeness (QED) is 0.911. The van der Waals surface area contributed by atoms with E-state index in [0.717, 1.165) is 30.6 Å². The number of hydrogen-bond acceptors (Lipinski definition) is 4. The first-order chi connectivity index (χ1) is 8.32. The van der Waals surface area contributed by atoms with E-state index in [9.17, 15) is 13.2 Å². The fourth-order valence-corrected chi connectivity index (χ4v) is 4.03. The number of nitrogens with two attached hydrogens (primary N) is 1. The fraction of sp³-hybridized carbons (Fsp3) is 0.545. The molecule has 0 spiro atoms. The highest BCUT2D eigenvalue weighted by Gasteiger charge is 2.29. The van der Waals surface area contributed by atoms with E-state index in [1.54, 1.807) is 24.3 Å². The van der Waals surface area contributed by atoms with Crippen molar-refractivity contribution in [3.8, 4) is 0 Å². The third-order valence-electron chi connectivity index (χ3n) is 3.43. The molecule has 0 bridgehead atoms. The topological polar surface area (TPSA) is 80.5 Å². The van der Waals surface area contributed by atoms with Crippen LogP contribution in [0.4, 0.5) is 0 Å². The Kier molecular flexibility index (Phi) is 3.48. The van der Waals surface area contributed by atoms with Crippen LogP contribution < -0.4 is 5.14 Å². The van der Waals surface area contributed by atoms with Crippen LogP contribution >= 0.6 is 11.3 Å². The van der Waals surface area contributed by atoms with Crippen LogP contribution in [0.5, 0.6) is 0 Å². The second-order valence-electron chi connectivity index (χ2n) is 4.61. The molecule has 1 saturated carbocycles. The number of primary sulfonamides is 1. The van der Waals surface area contributed by atoms with Crippen molar-refractivity contribution in [1.82, 2.24) is 4.90 Å². The molecule has 0 unspecified atom stereocenters. The van der Waals surface area contributed by atoms with Crippen LogP contribution in [0, 0.1) is 6.92 Å². The minimum Gasteiger partial charge on any atom is -0.339 e. The highest BCUT2D eigenvalue weighted by Crippen LogP contribution is 2.29. The second-order valence-corrected chi connectivity index (χ2v) is 7.24. The summed E-state index contributed by atoms with van der Waals surface area (Å²) < 4.78 is 22.7. The lowest BCUT2D eigenvalue weighted by Crippen LogP contribution is -2.41. The molecule has 1 aromatic rings. The summed E-state index contributed by atoms with van der Waals surface area (Å²) in [6.45, 7) is 1.62. The van der Waals surface area contributed by atoms with Gasteiger partial charge in [0.25, 0.3) is 5.91 Å². The first-order valence-corrected chi connectivity index (χ1v) is 8.13. The summed E-state index contributed by atoms with van der Waals surface area (Å²) in [6, 6.07) is 0.287. The van der Waals surface area contributed by atoms with Crippen molar-refractivity contribution in [1.29, 1.82) is 0 Å². The van der Waals surface area contributed by atoms with Crippen LogP contribution in [0.1, 0.15) is 35.2 Å². The number of hydrogen-bond donors (Lipinski definition) is 1. The molecule has 0 aliphatic heterocycles. The molecule has 7 heteroatoms. The average molecular weight is 288 g/mol. The van der Waals surface area contributed by atoms with Gasteiger partial charge in [0.15, 0.2) is 0 Å². The highest BCUT2D eigenvalue weighted by molar-refractivity contribution is 7.91. The van der Waals surface area contributed by atoms with Gasteiger partial charge in [0.1, 0.15) is 4.21 Å². The molecule has 1 amide bonds. The monoisotopic (exact) mass is 288 g/mol. The molecule has 0 aromatic carbocycles. The molecule has 1 aliphatic rings. The van der Waals surface area contributed by atoms with Crippen molar-refractivity contribution in [2.75, 3.05) is 7.05 Å². The van der Waals surface area contributed by atoms with Gasteiger partial charge >= 0.3 is 0 Å². The number of nitrogens with zero attached hydrogens (tertiary/aromatic N) is 1. The van der Waals surface area contributed by atoms with Crippen LogP contribution in [0.25, 0.3) is 0 Å². The zero-order valence-electron chi connectivity index (χ0n) is 10.3. The van der Waals surface area contributed by atoms with Gasteiger partial charge in [0.05, 0.1) is 5.56 Å². The van der Waals surface area contributed by atoms with E-state index in [4.69, 9.17) is 5.14 Å². The van der Waals surface area contributed by atoms with Crippen molar-refractivity contribution in [2.45, 2.75) is 36.4 Å². The summed E-state index contributed by atoms with van der Waals surface area (Å²) in [5.74, 6) is -0.122. The van der Waals surface area contributed by atoms with Crippen molar-refractivity contribution in [3.63, 3.8) is 0 Å². The lowest BCUT2D eigenvalue weighted by atomic mass is 9.91. The van der Waals surface area contributed by atoms with Gasteiger partial charge in [-0.1, -0.05) is 0 Å². The summed E-state index contributed by atoms with van der Waals surface area (Å²) >= 11 is 1.01. The van der Waals surface area contributed by atoms with Gasteiger partial charge < -0.3 is 4.90 Å². The van der Waals surface area contributed by atoms with E-state index in [0.29, 0.717) is 11.1 Å². The number of carbonyl (C=O) groups excluding carboxylic acids is 1. The standard InChI is InChI=1S/C11H16N2O3S2/c1-7-9(6-17-11(7)18(12,15)16)10(14)13(2)8-4-3-5-8/h6,8H,3-5H2,1-2H3,(H2,12,15,16). The Morgan fingerprint density at radius 2 is 2.11 bits per heavy atom. The smallest absolute Gasteiger partial charge is 0.255 e. The van der Waals surface area contributed by atoms with Crippen molar-refractivity contribution in [3.05, 3.63) is 16.5 Å². The molecule has 1 fully saturated rings. The Balaban J connectivity index is 2.29. The summed E-state index contributed by atoms with van der Waals surface area (Å²) in [4.78, 5) is 13.9. The summed E-state index contributed by atoms with van der Waals surface area (Å²) in [7, 11) is -1.97. The van der Waals surface area contributed by atoms with Crippen molar-refractivity contribution in [2.24, 2.45) is 5.14 Å². The highest BCUT2D eigenvalue weighted by atomic mass is 32.2. The van der Waals surface area contributed by atoms with Crippen LogP contribution in [0.2, 0.25) is 0 Å². The number of carbonyl (C=O) groups is 1. The summed E-state index contributed by atoms with van der Waals surface area (Å²) in [5.41, 5.74) is 0.900. The Hall–Kier alpha value is -0.920. The van der Waals surface area contributed by atoms with E-state index in [1.165, 1.54) is 0 Å². The molecule has 1 aliphatic carbocycles. The minimum atomic E-state index is -3.74. The SMILES string of the molecule is Cc1c(C(=O)N(C)C2CCC2)csc1S(N)(=O)=O. The van der Waals surface area contributed by atoms with Crippen LogP contribution in [-0.4, -0.2) is 32.3 Å². The zero-order chi connectivity index (χ0) is 13.5. The molecule has 2 rings (SSSR count). The predicted octanol–water partition coefficient (Wildman–Crippen LogP) is 1.33. The van der Waals surface area contributed by atoms with Crippen molar-refractivity contribution >= 4 is 27.3 Å². The Morgan fingerprint density at radius 3 is 2.50 bits per heavy atom. The maximum Gasteiger partial charge on any atom is 0.255 e. The summed E-state index contributed by atoms with van der Waals surface area (Å²) in [6.07, 6.45) is 3.19. The van der Waals surface area contributed by atoms with Gasteiger partial charge in [-0.3, -0.25) is 4.79 Å². The molecular weight excluding hydrogens is 272 g/mol. The normalized spacial score (nSPS) is 16.4. The zero-order valence-corrected chi connectivity index (χ0v) is 12.0. The second kappa shape index (κ2) is 4.64. The number of amides is 1. The van der Waals surface area contributed by atoms with Gasteiger partial charge in [-0.2, -0.15) is 0 Å². The van der Waals surface area contributed by atoms with E-state index in [2.05, 4.69) is 0 Å². The maximum absolute atomic E-state index is 12.2. The summed E-state index contributed by atoms with van der Waals surface area (Å²) in [5, 5.41) is 6.68. The Labute approximate surface area is 111 Å². The molecule has 0 radical (unpaired) electrons. The Bertz CT molecular complexity index is 573. The average Bonchev–Trinajstić information content (AvgIpc) is 2.55. The fourth-order valence-electron chi connectivity index (χ4n) is 2.02.